The fourth-order valence-electron chi connectivity index (χ4n) is 1.51. The van der Waals surface area contributed by atoms with Crippen LogP contribution in [0.5, 0.6) is 0 Å². The Morgan fingerprint density at radius 2 is 1.85 bits per heavy atom. The van der Waals surface area contributed by atoms with Gasteiger partial charge in [-0.15, -0.1) is 0 Å². The summed E-state index contributed by atoms with van der Waals surface area (Å²) >= 11 is 0. The average Bonchev–Trinajstić information content (AvgIpc) is 2.42. The van der Waals surface area contributed by atoms with E-state index in [1.54, 1.807) is 0 Å². The normalized spacial score (nSPS) is 11.6. The number of nitrogens with one attached hydrogen (secondary N) is 2. The Morgan fingerprint density at radius 3 is 2.45 bits per heavy atom. The first-order valence-electron chi connectivity index (χ1n) is 6.39. The summed E-state index contributed by atoms with van der Waals surface area (Å²) in [6, 6.07) is 9.98. The molecule has 1 aromatic rings. The van der Waals surface area contributed by atoms with Crippen molar-refractivity contribution in [3.63, 3.8) is 0 Å². The second-order valence-corrected chi connectivity index (χ2v) is 6.52. The van der Waals surface area contributed by atoms with Crippen molar-refractivity contribution < 1.29 is 13.2 Å². The number of carbonyl (C=O) groups excluding carboxylic acids is 1. The van der Waals surface area contributed by atoms with Gasteiger partial charge >= 0.3 is 0 Å². The van der Waals surface area contributed by atoms with E-state index in [1.165, 1.54) is 19.7 Å². The van der Waals surface area contributed by atoms with E-state index in [2.05, 4.69) is 10.0 Å². The van der Waals surface area contributed by atoms with Gasteiger partial charge in [0.25, 0.3) is 10.2 Å². The molecule has 0 fully saturated rings. The van der Waals surface area contributed by atoms with E-state index in [0.717, 1.165) is 17.1 Å². The molecule has 1 rings (SSSR count). The van der Waals surface area contributed by atoms with Crippen molar-refractivity contribution in [3.05, 3.63) is 35.9 Å². The summed E-state index contributed by atoms with van der Waals surface area (Å²) in [6.07, 6.45) is 1.70. The molecule has 0 spiro atoms. The zero-order valence-electron chi connectivity index (χ0n) is 11.8. The Morgan fingerprint density at radius 1 is 1.20 bits per heavy atom. The first-order chi connectivity index (χ1) is 9.42. The minimum Gasteiger partial charge on any atom is -0.355 e. The van der Waals surface area contributed by atoms with Gasteiger partial charge in [-0.2, -0.15) is 17.4 Å². The van der Waals surface area contributed by atoms with Gasteiger partial charge in [-0.25, -0.2) is 0 Å². The van der Waals surface area contributed by atoms with Crippen molar-refractivity contribution in [3.8, 4) is 0 Å². The van der Waals surface area contributed by atoms with Gasteiger partial charge in [0.15, 0.2) is 0 Å². The maximum Gasteiger partial charge on any atom is 0.279 e. The lowest BCUT2D eigenvalue weighted by molar-refractivity contribution is -0.119. The van der Waals surface area contributed by atoms with Crippen molar-refractivity contribution in [2.45, 2.75) is 12.8 Å². The van der Waals surface area contributed by atoms with Gasteiger partial charge in [0.2, 0.25) is 5.91 Å². The van der Waals surface area contributed by atoms with Crippen molar-refractivity contribution in [2.75, 3.05) is 27.2 Å². The number of hydrogen-bond donors (Lipinski definition) is 2. The van der Waals surface area contributed by atoms with Gasteiger partial charge in [0.05, 0.1) is 6.54 Å². The number of benzene rings is 1. The van der Waals surface area contributed by atoms with Crippen LogP contribution < -0.4 is 10.0 Å². The third-order valence-corrected chi connectivity index (χ3v) is 4.17. The van der Waals surface area contributed by atoms with Crippen LogP contribution in [0.15, 0.2) is 30.3 Å². The molecule has 0 aliphatic carbocycles. The minimum absolute atomic E-state index is 0.244. The van der Waals surface area contributed by atoms with Crippen LogP contribution in [0.25, 0.3) is 0 Å². The molecule has 20 heavy (non-hydrogen) atoms. The molecule has 0 heterocycles. The summed E-state index contributed by atoms with van der Waals surface area (Å²) in [5.74, 6) is -0.330. The Labute approximate surface area is 120 Å². The molecule has 6 nitrogen and oxygen atoms in total. The Hall–Kier alpha value is -1.44. The minimum atomic E-state index is -3.54. The van der Waals surface area contributed by atoms with Crippen LogP contribution in [0.2, 0.25) is 0 Å². The van der Waals surface area contributed by atoms with Crippen LogP contribution in [-0.4, -0.2) is 45.8 Å². The largest absolute Gasteiger partial charge is 0.355 e. The van der Waals surface area contributed by atoms with E-state index in [9.17, 15) is 13.2 Å². The second kappa shape index (κ2) is 7.98. The first-order valence-corrected chi connectivity index (χ1v) is 7.83. The molecule has 0 aromatic heterocycles. The fraction of sp³-hybridized carbons (Fsp3) is 0.462. The summed E-state index contributed by atoms with van der Waals surface area (Å²) in [7, 11) is -0.739. The molecule has 0 radical (unpaired) electrons. The van der Waals surface area contributed by atoms with Crippen LogP contribution in [0.3, 0.4) is 0 Å². The second-order valence-electron chi connectivity index (χ2n) is 4.55. The third-order valence-electron chi connectivity index (χ3n) is 2.70. The van der Waals surface area contributed by atoms with Gasteiger partial charge in [-0.05, 0) is 18.4 Å². The number of carbonyl (C=O) groups is 1. The van der Waals surface area contributed by atoms with E-state index in [4.69, 9.17) is 0 Å². The predicted octanol–water partition coefficient (Wildman–Crippen LogP) is 0.131. The molecule has 0 bridgehead atoms. The van der Waals surface area contributed by atoms with Crippen LogP contribution in [0.1, 0.15) is 12.0 Å². The number of rotatable bonds is 8. The lowest BCUT2D eigenvalue weighted by atomic mass is 10.1. The average molecular weight is 299 g/mol. The van der Waals surface area contributed by atoms with Gasteiger partial charge in [-0.3, -0.25) is 4.79 Å². The highest BCUT2D eigenvalue weighted by Gasteiger charge is 2.13. The third kappa shape index (κ3) is 6.14. The standard InChI is InChI=1S/C13H21N3O3S/c1-16(2)20(18,19)15-11-13(17)14-10-6-9-12-7-4-3-5-8-12/h3-5,7-8,15H,6,9-11H2,1-2H3,(H,14,17). The lowest BCUT2D eigenvalue weighted by Crippen LogP contribution is -2.42. The van der Waals surface area contributed by atoms with Crippen LogP contribution in [0, 0.1) is 0 Å². The van der Waals surface area contributed by atoms with Gasteiger partial charge < -0.3 is 5.32 Å². The van der Waals surface area contributed by atoms with Crippen molar-refractivity contribution in [1.82, 2.24) is 14.3 Å². The zero-order chi connectivity index (χ0) is 15.0. The summed E-state index contributed by atoms with van der Waals surface area (Å²) in [4.78, 5) is 11.5. The quantitative estimate of drug-likeness (QED) is 0.670. The molecule has 0 aliphatic heterocycles. The number of aryl methyl sites for hydroxylation is 1. The predicted molar refractivity (Wildman–Crippen MR) is 78.4 cm³/mol. The van der Waals surface area contributed by atoms with Crippen molar-refractivity contribution >= 4 is 16.1 Å². The molecule has 2 N–H and O–H groups in total. The van der Waals surface area contributed by atoms with E-state index in [1.807, 2.05) is 30.3 Å². The topological polar surface area (TPSA) is 78.5 Å². The first kappa shape index (κ1) is 16.6. The van der Waals surface area contributed by atoms with Gasteiger partial charge in [-0.1, -0.05) is 30.3 Å². The Balaban J connectivity index is 2.18. The van der Waals surface area contributed by atoms with E-state index < -0.39 is 10.2 Å². The maximum absolute atomic E-state index is 11.5. The molecule has 1 amide bonds. The Bertz CT molecular complexity index is 515. The summed E-state index contributed by atoms with van der Waals surface area (Å²) in [5, 5.41) is 2.68. The molecule has 112 valence electrons. The van der Waals surface area contributed by atoms with Crippen LogP contribution >= 0.6 is 0 Å². The highest BCUT2D eigenvalue weighted by atomic mass is 32.2. The highest BCUT2D eigenvalue weighted by Crippen LogP contribution is 2.01. The molecule has 0 aliphatic rings. The highest BCUT2D eigenvalue weighted by molar-refractivity contribution is 7.87. The molecule has 7 heteroatoms. The lowest BCUT2D eigenvalue weighted by Gasteiger charge is -2.12. The SMILES string of the molecule is CN(C)S(=O)(=O)NCC(=O)NCCCc1ccccc1. The van der Waals surface area contributed by atoms with Gasteiger partial charge in [0, 0.05) is 20.6 Å². The summed E-state index contributed by atoms with van der Waals surface area (Å²) in [6.45, 7) is 0.281. The molecular formula is C13H21N3O3S. The number of amides is 1. The monoisotopic (exact) mass is 299 g/mol. The maximum atomic E-state index is 11.5. The van der Waals surface area contributed by atoms with E-state index >= 15 is 0 Å². The van der Waals surface area contributed by atoms with E-state index in [0.29, 0.717) is 6.54 Å². The van der Waals surface area contributed by atoms with Crippen molar-refractivity contribution in [2.24, 2.45) is 0 Å². The Kier molecular flexibility index (Phi) is 6.63. The molecule has 0 saturated heterocycles. The summed E-state index contributed by atoms with van der Waals surface area (Å²) < 4.78 is 26.0. The zero-order valence-corrected chi connectivity index (χ0v) is 12.6. The molecule has 0 unspecified atom stereocenters. The van der Waals surface area contributed by atoms with E-state index in [-0.39, 0.29) is 12.5 Å². The molecule has 0 saturated carbocycles. The smallest absolute Gasteiger partial charge is 0.279 e. The number of hydrogen-bond acceptors (Lipinski definition) is 3. The molecular weight excluding hydrogens is 278 g/mol. The summed E-state index contributed by atoms with van der Waals surface area (Å²) in [5.41, 5.74) is 1.22. The number of nitrogens with zero attached hydrogens (tertiary/aromatic N) is 1. The van der Waals surface area contributed by atoms with Crippen molar-refractivity contribution in [1.29, 1.82) is 0 Å². The molecule has 1 aromatic carbocycles. The fourth-order valence-corrected chi connectivity index (χ4v) is 2.09. The van der Waals surface area contributed by atoms with Crippen LogP contribution in [0.4, 0.5) is 0 Å². The molecule has 0 atom stereocenters. The van der Waals surface area contributed by atoms with Crippen LogP contribution in [-0.2, 0) is 21.4 Å². The van der Waals surface area contributed by atoms with Gasteiger partial charge in [0.1, 0.15) is 0 Å².